The molecule has 0 saturated carbocycles. The Morgan fingerprint density at radius 1 is 1.15 bits per heavy atom. The lowest BCUT2D eigenvalue weighted by Crippen LogP contribution is -2.15. The minimum Gasteiger partial charge on any atom is -0.508 e. The summed E-state index contributed by atoms with van der Waals surface area (Å²) in [7, 11) is -2.19. The van der Waals surface area contributed by atoms with E-state index in [-0.39, 0.29) is 28.4 Å². The van der Waals surface area contributed by atoms with Gasteiger partial charge in [-0.2, -0.15) is 0 Å². The van der Waals surface area contributed by atoms with Crippen LogP contribution < -0.4 is 14.8 Å². The third kappa shape index (κ3) is 5.01. The zero-order valence-electron chi connectivity index (χ0n) is 15.6. The highest BCUT2D eigenvalue weighted by Crippen LogP contribution is 2.37. The van der Waals surface area contributed by atoms with Gasteiger partial charge in [-0.15, -0.1) is 0 Å². The number of anilines is 2. The molecule has 2 aromatic carbocycles. The first-order valence-corrected chi connectivity index (χ1v) is 9.87. The number of phenolic OH excluding ortho intramolecular Hbond substituents is 1. The second kappa shape index (κ2) is 7.71. The molecule has 0 aliphatic rings. The highest BCUT2D eigenvalue weighted by Gasteiger charge is 2.18. The molecule has 0 atom stereocenters. The summed E-state index contributed by atoms with van der Waals surface area (Å²) in [6, 6.07) is 7.78. The maximum Gasteiger partial charge on any atom is 0.255 e. The van der Waals surface area contributed by atoms with E-state index in [1.54, 1.807) is 38.1 Å². The number of phenols is 1. The van der Waals surface area contributed by atoms with Gasteiger partial charge in [0.25, 0.3) is 5.91 Å². The summed E-state index contributed by atoms with van der Waals surface area (Å²) in [5, 5.41) is 12.5. The van der Waals surface area contributed by atoms with Crippen LogP contribution in [-0.4, -0.2) is 32.8 Å². The lowest BCUT2D eigenvalue weighted by atomic mass is 10.1. The van der Waals surface area contributed by atoms with E-state index in [1.165, 1.54) is 13.2 Å². The van der Waals surface area contributed by atoms with Crippen LogP contribution in [-0.2, 0) is 10.0 Å². The van der Waals surface area contributed by atoms with Crippen LogP contribution in [0.1, 0.15) is 28.4 Å². The number of carbonyl (C=O) groups excluding carboxylic acids is 1. The number of nitrogens with one attached hydrogen (secondary N) is 2. The SMILES string of the molecule is C=C(C)c1cc(NC(=O)c2ccc(C)c(O)c2)c(OC)c(NS(C)(=O)=O)c1. The maximum atomic E-state index is 12.6. The fourth-order valence-corrected chi connectivity index (χ4v) is 2.96. The van der Waals surface area contributed by atoms with E-state index < -0.39 is 15.9 Å². The number of aromatic hydroxyl groups is 1. The van der Waals surface area contributed by atoms with Gasteiger partial charge < -0.3 is 15.2 Å². The van der Waals surface area contributed by atoms with Crippen molar-refractivity contribution in [2.45, 2.75) is 13.8 Å². The lowest BCUT2D eigenvalue weighted by Gasteiger charge is -2.17. The molecule has 0 aliphatic carbocycles. The molecule has 0 aromatic heterocycles. The normalized spacial score (nSPS) is 11.0. The molecule has 2 rings (SSSR count). The number of allylic oxidation sites excluding steroid dienone is 1. The number of carbonyl (C=O) groups is 1. The first kappa shape index (κ1) is 20.3. The third-order valence-electron chi connectivity index (χ3n) is 3.80. The average molecular weight is 390 g/mol. The van der Waals surface area contributed by atoms with Crippen molar-refractivity contribution in [3.63, 3.8) is 0 Å². The molecule has 2 aromatic rings. The number of sulfonamides is 1. The molecule has 0 radical (unpaired) electrons. The van der Waals surface area contributed by atoms with Crippen molar-refractivity contribution in [1.82, 2.24) is 0 Å². The van der Waals surface area contributed by atoms with Crippen LogP contribution in [0.5, 0.6) is 11.5 Å². The maximum absolute atomic E-state index is 12.6. The van der Waals surface area contributed by atoms with Crippen LogP contribution in [0.3, 0.4) is 0 Å². The molecule has 7 nitrogen and oxygen atoms in total. The molecule has 0 heterocycles. The van der Waals surface area contributed by atoms with Gasteiger partial charge in [0, 0.05) is 5.56 Å². The molecular formula is C19H22N2O5S. The van der Waals surface area contributed by atoms with Crippen molar-refractivity contribution in [3.05, 3.63) is 53.6 Å². The van der Waals surface area contributed by atoms with E-state index in [4.69, 9.17) is 4.74 Å². The van der Waals surface area contributed by atoms with Crippen LogP contribution in [0, 0.1) is 6.92 Å². The third-order valence-corrected chi connectivity index (χ3v) is 4.39. The summed E-state index contributed by atoms with van der Waals surface area (Å²) >= 11 is 0. The summed E-state index contributed by atoms with van der Waals surface area (Å²) in [4.78, 5) is 12.6. The summed E-state index contributed by atoms with van der Waals surface area (Å²) in [5.74, 6) is -0.312. The molecule has 1 amide bonds. The van der Waals surface area contributed by atoms with Crippen LogP contribution in [0.25, 0.3) is 5.57 Å². The lowest BCUT2D eigenvalue weighted by molar-refractivity contribution is 0.102. The number of rotatable bonds is 6. The van der Waals surface area contributed by atoms with E-state index in [2.05, 4.69) is 16.6 Å². The zero-order valence-corrected chi connectivity index (χ0v) is 16.4. The first-order chi connectivity index (χ1) is 12.5. The Bertz CT molecular complexity index is 1010. The van der Waals surface area contributed by atoms with Crippen LogP contribution in [0.2, 0.25) is 0 Å². The minimum atomic E-state index is -3.57. The van der Waals surface area contributed by atoms with Gasteiger partial charge in [-0.1, -0.05) is 18.2 Å². The highest BCUT2D eigenvalue weighted by atomic mass is 32.2. The van der Waals surface area contributed by atoms with Gasteiger partial charge >= 0.3 is 0 Å². The van der Waals surface area contributed by atoms with Crippen molar-refractivity contribution in [3.8, 4) is 11.5 Å². The van der Waals surface area contributed by atoms with Gasteiger partial charge in [0.1, 0.15) is 5.75 Å². The monoisotopic (exact) mass is 390 g/mol. The topological polar surface area (TPSA) is 105 Å². The van der Waals surface area contributed by atoms with Crippen LogP contribution >= 0.6 is 0 Å². The Kier molecular flexibility index (Phi) is 5.80. The molecule has 0 fully saturated rings. The largest absolute Gasteiger partial charge is 0.508 e. The Hall–Kier alpha value is -3.00. The van der Waals surface area contributed by atoms with Gasteiger partial charge in [0.2, 0.25) is 10.0 Å². The van der Waals surface area contributed by atoms with Crippen molar-refractivity contribution in [2.75, 3.05) is 23.4 Å². The molecule has 0 unspecified atom stereocenters. The number of aryl methyl sites for hydroxylation is 1. The van der Waals surface area contributed by atoms with Gasteiger partial charge in [-0.25, -0.2) is 8.42 Å². The van der Waals surface area contributed by atoms with Gasteiger partial charge in [0.05, 0.1) is 24.7 Å². The van der Waals surface area contributed by atoms with Crippen molar-refractivity contribution >= 4 is 32.9 Å². The molecule has 144 valence electrons. The summed E-state index contributed by atoms with van der Waals surface area (Å²) < 4.78 is 31.0. The fourth-order valence-electron chi connectivity index (χ4n) is 2.41. The predicted octanol–water partition coefficient (Wildman–Crippen LogP) is 3.37. The molecule has 0 saturated heterocycles. The number of hydrogen-bond donors (Lipinski definition) is 3. The second-order valence-corrected chi connectivity index (χ2v) is 7.96. The molecule has 3 N–H and O–H groups in total. The molecule has 0 bridgehead atoms. The Labute approximate surface area is 158 Å². The van der Waals surface area contributed by atoms with Crippen molar-refractivity contribution in [1.29, 1.82) is 0 Å². The molecule has 0 aliphatic heterocycles. The van der Waals surface area contributed by atoms with Crippen molar-refractivity contribution < 1.29 is 23.1 Å². The number of hydrogen-bond acceptors (Lipinski definition) is 5. The van der Waals surface area contributed by atoms with Crippen LogP contribution in [0.4, 0.5) is 11.4 Å². The molecule has 27 heavy (non-hydrogen) atoms. The van der Waals surface area contributed by atoms with Gasteiger partial charge in [0.15, 0.2) is 5.75 Å². The fraction of sp³-hybridized carbons (Fsp3) is 0.211. The van der Waals surface area contributed by atoms with E-state index >= 15 is 0 Å². The molecular weight excluding hydrogens is 368 g/mol. The van der Waals surface area contributed by atoms with Crippen molar-refractivity contribution in [2.24, 2.45) is 0 Å². The zero-order chi connectivity index (χ0) is 20.4. The summed E-state index contributed by atoms with van der Waals surface area (Å²) in [6.07, 6.45) is 1.02. The number of methoxy groups -OCH3 is 1. The van der Waals surface area contributed by atoms with E-state index in [1.807, 2.05) is 0 Å². The predicted molar refractivity (Wildman–Crippen MR) is 107 cm³/mol. The minimum absolute atomic E-state index is 0.00438. The Morgan fingerprint density at radius 2 is 1.78 bits per heavy atom. The van der Waals surface area contributed by atoms with E-state index in [0.717, 1.165) is 6.26 Å². The molecule has 8 heteroatoms. The highest BCUT2D eigenvalue weighted by molar-refractivity contribution is 7.92. The standard InChI is InChI=1S/C19H22N2O5S/c1-11(2)14-8-15(18(26-4)16(9-14)21-27(5,24)25)20-19(23)13-7-6-12(3)17(22)10-13/h6-10,21-22H,1H2,2-5H3,(H,20,23). The average Bonchev–Trinajstić information content (AvgIpc) is 2.55. The Morgan fingerprint density at radius 3 is 2.30 bits per heavy atom. The molecule has 0 spiro atoms. The summed E-state index contributed by atoms with van der Waals surface area (Å²) in [5.41, 5.74) is 2.66. The van der Waals surface area contributed by atoms with E-state index in [0.29, 0.717) is 16.7 Å². The number of ether oxygens (including phenoxy) is 1. The first-order valence-electron chi connectivity index (χ1n) is 7.98. The van der Waals surface area contributed by atoms with Crippen LogP contribution in [0.15, 0.2) is 36.9 Å². The number of amides is 1. The number of benzene rings is 2. The van der Waals surface area contributed by atoms with E-state index in [9.17, 15) is 18.3 Å². The quantitative estimate of drug-likeness (QED) is 0.701. The smallest absolute Gasteiger partial charge is 0.255 e. The van der Waals surface area contributed by atoms with Gasteiger partial charge in [-0.05, 0) is 49.2 Å². The second-order valence-electron chi connectivity index (χ2n) is 6.21. The van der Waals surface area contributed by atoms with Gasteiger partial charge in [-0.3, -0.25) is 9.52 Å². The summed E-state index contributed by atoms with van der Waals surface area (Å²) in [6.45, 7) is 7.34. The Balaban J connectivity index is 2.51.